The van der Waals surface area contributed by atoms with E-state index in [4.69, 9.17) is 0 Å². The molecule has 18 heavy (non-hydrogen) atoms. The van der Waals surface area contributed by atoms with Gasteiger partial charge in [0.1, 0.15) is 0 Å². The van der Waals surface area contributed by atoms with Gasteiger partial charge in [-0.1, -0.05) is 66.0 Å². The van der Waals surface area contributed by atoms with E-state index in [2.05, 4.69) is 48.5 Å². The van der Waals surface area contributed by atoms with Crippen molar-refractivity contribution in [1.29, 1.82) is 0 Å². The molecule has 0 radical (unpaired) electrons. The van der Waals surface area contributed by atoms with Gasteiger partial charge in [-0.25, -0.2) is 0 Å². The van der Waals surface area contributed by atoms with Gasteiger partial charge in [0.05, 0.1) is 0 Å². The summed E-state index contributed by atoms with van der Waals surface area (Å²) in [4.78, 5) is 0. The SMILES string of the molecule is CCC(C)C1(C)CCC(CC(C)C)=C(C(C)C)C1. The zero-order valence-electron chi connectivity index (χ0n) is 13.8. The summed E-state index contributed by atoms with van der Waals surface area (Å²) in [6.07, 6.45) is 6.75. The van der Waals surface area contributed by atoms with E-state index in [0.29, 0.717) is 5.41 Å². The highest BCUT2D eigenvalue weighted by molar-refractivity contribution is 5.22. The van der Waals surface area contributed by atoms with E-state index in [0.717, 1.165) is 17.8 Å². The van der Waals surface area contributed by atoms with Gasteiger partial charge in [-0.05, 0) is 48.9 Å². The fourth-order valence-corrected chi connectivity index (χ4v) is 3.50. The highest BCUT2D eigenvalue weighted by atomic mass is 14.4. The molecule has 0 aromatic heterocycles. The molecule has 2 unspecified atom stereocenters. The second kappa shape index (κ2) is 6.26. The first-order chi connectivity index (χ1) is 8.30. The molecule has 0 bridgehead atoms. The lowest BCUT2D eigenvalue weighted by molar-refractivity contribution is 0.160. The summed E-state index contributed by atoms with van der Waals surface area (Å²) in [5.41, 5.74) is 4.13. The largest absolute Gasteiger partial charge is 0.0705 e. The van der Waals surface area contributed by atoms with Crippen molar-refractivity contribution in [3.8, 4) is 0 Å². The van der Waals surface area contributed by atoms with Gasteiger partial charge in [0, 0.05) is 0 Å². The summed E-state index contributed by atoms with van der Waals surface area (Å²) in [7, 11) is 0. The van der Waals surface area contributed by atoms with E-state index in [1.165, 1.54) is 32.1 Å². The van der Waals surface area contributed by atoms with Crippen LogP contribution in [-0.4, -0.2) is 0 Å². The molecule has 106 valence electrons. The fourth-order valence-electron chi connectivity index (χ4n) is 3.50. The minimum absolute atomic E-state index is 0.550. The molecule has 0 saturated heterocycles. The van der Waals surface area contributed by atoms with Gasteiger partial charge in [0.15, 0.2) is 0 Å². The monoisotopic (exact) mass is 250 g/mol. The molecule has 0 amide bonds. The maximum Gasteiger partial charge on any atom is -0.0257 e. The van der Waals surface area contributed by atoms with Gasteiger partial charge in [0.2, 0.25) is 0 Å². The summed E-state index contributed by atoms with van der Waals surface area (Å²) in [5, 5.41) is 0. The maximum absolute atomic E-state index is 2.52. The molecule has 0 heterocycles. The van der Waals surface area contributed by atoms with Crippen LogP contribution in [0, 0.1) is 23.2 Å². The topological polar surface area (TPSA) is 0 Å². The Bertz CT molecular complexity index is 295. The van der Waals surface area contributed by atoms with Gasteiger partial charge in [-0.15, -0.1) is 0 Å². The lowest BCUT2D eigenvalue weighted by Crippen LogP contribution is -2.30. The van der Waals surface area contributed by atoms with Crippen molar-refractivity contribution in [1.82, 2.24) is 0 Å². The third-order valence-electron chi connectivity index (χ3n) is 5.20. The number of rotatable bonds is 5. The zero-order valence-corrected chi connectivity index (χ0v) is 13.8. The standard InChI is InChI=1S/C18H34/c1-8-15(6)18(7)10-9-16(11-13(2)3)17(12-18)14(4)5/h13-15H,8-12H2,1-7H3. The van der Waals surface area contributed by atoms with Crippen LogP contribution in [0.4, 0.5) is 0 Å². The molecular formula is C18H34. The smallest absolute Gasteiger partial charge is 0.0257 e. The number of allylic oxidation sites excluding steroid dienone is 2. The third-order valence-corrected chi connectivity index (χ3v) is 5.20. The molecule has 0 aromatic carbocycles. The Morgan fingerprint density at radius 1 is 1.11 bits per heavy atom. The van der Waals surface area contributed by atoms with Gasteiger partial charge in [0.25, 0.3) is 0 Å². The summed E-state index contributed by atoms with van der Waals surface area (Å²) < 4.78 is 0. The predicted octanol–water partition coefficient (Wildman–Crippen LogP) is 6.22. The number of hydrogen-bond donors (Lipinski definition) is 0. The Labute approximate surface area is 115 Å². The lowest BCUT2D eigenvalue weighted by Gasteiger charge is -2.42. The molecule has 1 aliphatic rings. The summed E-state index contributed by atoms with van der Waals surface area (Å²) >= 11 is 0. The van der Waals surface area contributed by atoms with E-state index in [9.17, 15) is 0 Å². The predicted molar refractivity (Wildman–Crippen MR) is 82.7 cm³/mol. The first-order valence-electron chi connectivity index (χ1n) is 8.01. The van der Waals surface area contributed by atoms with Crippen molar-refractivity contribution in [3.63, 3.8) is 0 Å². The van der Waals surface area contributed by atoms with Crippen LogP contribution in [0.5, 0.6) is 0 Å². The van der Waals surface area contributed by atoms with Crippen LogP contribution >= 0.6 is 0 Å². The van der Waals surface area contributed by atoms with Gasteiger partial charge >= 0.3 is 0 Å². The van der Waals surface area contributed by atoms with E-state index < -0.39 is 0 Å². The Morgan fingerprint density at radius 3 is 2.17 bits per heavy atom. The molecule has 0 N–H and O–H groups in total. The minimum Gasteiger partial charge on any atom is -0.0705 e. The van der Waals surface area contributed by atoms with Gasteiger partial charge in [-0.2, -0.15) is 0 Å². The van der Waals surface area contributed by atoms with Crippen LogP contribution in [0.3, 0.4) is 0 Å². The molecule has 0 heteroatoms. The van der Waals surface area contributed by atoms with E-state index in [1.807, 2.05) is 0 Å². The Kier molecular flexibility index (Phi) is 5.49. The summed E-state index contributed by atoms with van der Waals surface area (Å²) in [6.45, 7) is 16.8. The van der Waals surface area contributed by atoms with Gasteiger partial charge in [-0.3, -0.25) is 0 Å². The van der Waals surface area contributed by atoms with Gasteiger partial charge < -0.3 is 0 Å². The van der Waals surface area contributed by atoms with E-state index >= 15 is 0 Å². The second-order valence-electron chi connectivity index (χ2n) is 7.52. The fraction of sp³-hybridized carbons (Fsp3) is 0.889. The van der Waals surface area contributed by atoms with Crippen molar-refractivity contribution >= 4 is 0 Å². The molecule has 0 aliphatic heterocycles. The lowest BCUT2D eigenvalue weighted by atomic mass is 9.63. The molecule has 1 aliphatic carbocycles. The van der Waals surface area contributed by atoms with Crippen molar-refractivity contribution in [3.05, 3.63) is 11.1 Å². The van der Waals surface area contributed by atoms with Crippen molar-refractivity contribution in [2.75, 3.05) is 0 Å². The van der Waals surface area contributed by atoms with Crippen LogP contribution in [0.25, 0.3) is 0 Å². The first kappa shape index (κ1) is 15.8. The number of hydrogen-bond acceptors (Lipinski definition) is 0. The Morgan fingerprint density at radius 2 is 1.72 bits per heavy atom. The van der Waals surface area contributed by atoms with Crippen LogP contribution in [0.1, 0.15) is 80.6 Å². The molecule has 0 fully saturated rings. The Hall–Kier alpha value is -0.260. The van der Waals surface area contributed by atoms with Crippen molar-refractivity contribution < 1.29 is 0 Å². The van der Waals surface area contributed by atoms with Crippen LogP contribution in [0.2, 0.25) is 0 Å². The zero-order chi connectivity index (χ0) is 13.9. The first-order valence-corrected chi connectivity index (χ1v) is 8.01. The average molecular weight is 250 g/mol. The van der Waals surface area contributed by atoms with Crippen molar-refractivity contribution in [2.24, 2.45) is 23.2 Å². The van der Waals surface area contributed by atoms with E-state index in [-0.39, 0.29) is 0 Å². The molecular weight excluding hydrogens is 216 g/mol. The maximum atomic E-state index is 2.52. The summed E-state index contributed by atoms with van der Waals surface area (Å²) in [6, 6.07) is 0. The minimum atomic E-state index is 0.550. The molecule has 0 spiro atoms. The molecule has 0 saturated carbocycles. The second-order valence-corrected chi connectivity index (χ2v) is 7.52. The summed E-state index contributed by atoms with van der Waals surface area (Å²) in [5.74, 6) is 2.40. The average Bonchev–Trinajstić information content (AvgIpc) is 2.29. The van der Waals surface area contributed by atoms with E-state index in [1.54, 1.807) is 11.1 Å². The molecule has 2 atom stereocenters. The normalized spacial score (nSPS) is 27.2. The Balaban J connectivity index is 2.94. The molecule has 0 aromatic rings. The highest BCUT2D eigenvalue weighted by Crippen LogP contribution is 2.48. The highest BCUT2D eigenvalue weighted by Gasteiger charge is 2.35. The van der Waals surface area contributed by atoms with Crippen LogP contribution < -0.4 is 0 Å². The molecule has 0 nitrogen and oxygen atoms in total. The quantitative estimate of drug-likeness (QED) is 0.508. The van der Waals surface area contributed by atoms with Crippen molar-refractivity contribution in [2.45, 2.75) is 80.6 Å². The van der Waals surface area contributed by atoms with Crippen LogP contribution in [-0.2, 0) is 0 Å². The van der Waals surface area contributed by atoms with Crippen LogP contribution in [0.15, 0.2) is 11.1 Å². The third kappa shape index (κ3) is 3.62. The molecule has 1 rings (SSSR count).